The average Bonchev–Trinajstić information content (AvgIpc) is 2.86. The van der Waals surface area contributed by atoms with Gasteiger partial charge in [-0.15, -0.1) is 0 Å². The van der Waals surface area contributed by atoms with Crippen LogP contribution < -0.4 is 5.73 Å². The quantitative estimate of drug-likeness (QED) is 0.848. The van der Waals surface area contributed by atoms with E-state index in [1.807, 2.05) is 19.9 Å². The van der Waals surface area contributed by atoms with E-state index in [1.165, 1.54) is 4.90 Å². The van der Waals surface area contributed by atoms with E-state index in [0.717, 1.165) is 17.3 Å². The van der Waals surface area contributed by atoms with Gasteiger partial charge in [0.25, 0.3) is 11.1 Å². The lowest BCUT2D eigenvalue weighted by molar-refractivity contribution is -0.125. The molecule has 0 radical (unpaired) electrons. The van der Waals surface area contributed by atoms with E-state index in [-0.39, 0.29) is 34.8 Å². The first-order valence-corrected chi connectivity index (χ1v) is 8.74. The van der Waals surface area contributed by atoms with Crippen molar-refractivity contribution in [3.8, 4) is 0 Å². The zero-order valence-corrected chi connectivity index (χ0v) is 15.1. The van der Waals surface area contributed by atoms with Crippen molar-refractivity contribution < 1.29 is 14.4 Å². The number of nitrogens with two attached hydrogens (primary N) is 1. The molecule has 6 nitrogen and oxygen atoms in total. The number of carbonyl (C=O) groups excluding carboxylic acids is 3. The maximum atomic E-state index is 12.6. The molecule has 0 bridgehead atoms. The molecule has 24 heavy (non-hydrogen) atoms. The van der Waals surface area contributed by atoms with Crippen molar-refractivity contribution in [2.45, 2.75) is 20.4 Å². The highest BCUT2D eigenvalue weighted by Gasteiger charge is 2.30. The fraction of sp³-hybridized carbons (Fsp3) is 0.471. The molecule has 0 unspecified atom stereocenters. The summed E-state index contributed by atoms with van der Waals surface area (Å²) in [6, 6.07) is 7.05. The monoisotopic (exact) mass is 349 g/mol. The zero-order chi connectivity index (χ0) is 17.9. The molecule has 1 aromatic carbocycles. The Morgan fingerprint density at radius 1 is 1.38 bits per heavy atom. The molecule has 1 aromatic rings. The predicted molar refractivity (Wildman–Crippen MR) is 94.6 cm³/mol. The number of carbonyl (C=O) groups is 3. The normalized spacial score (nSPS) is 15.1. The summed E-state index contributed by atoms with van der Waals surface area (Å²) in [6.07, 6.45) is 0. The van der Waals surface area contributed by atoms with Crippen LogP contribution in [0.3, 0.4) is 0 Å². The highest BCUT2D eigenvalue weighted by atomic mass is 32.2. The third-order valence-electron chi connectivity index (χ3n) is 3.92. The van der Waals surface area contributed by atoms with E-state index in [0.29, 0.717) is 18.7 Å². The number of amides is 3. The largest absolute Gasteiger partial charge is 0.341 e. The van der Waals surface area contributed by atoms with Crippen LogP contribution in [-0.4, -0.2) is 52.7 Å². The maximum absolute atomic E-state index is 12.6. The van der Waals surface area contributed by atoms with Gasteiger partial charge in [-0.2, -0.15) is 0 Å². The van der Waals surface area contributed by atoms with Gasteiger partial charge in [0.05, 0.1) is 12.3 Å². The van der Waals surface area contributed by atoms with Crippen LogP contribution in [0.1, 0.15) is 29.8 Å². The molecule has 1 aliphatic heterocycles. The highest BCUT2D eigenvalue weighted by molar-refractivity contribution is 8.14. The number of rotatable bonds is 6. The second-order valence-corrected chi connectivity index (χ2v) is 7.69. The molecule has 0 atom stereocenters. The predicted octanol–water partition coefficient (Wildman–Crippen LogP) is 1.94. The summed E-state index contributed by atoms with van der Waals surface area (Å²) in [5.41, 5.74) is 6.86. The van der Waals surface area contributed by atoms with Gasteiger partial charge < -0.3 is 10.6 Å². The molecule has 2 N–H and O–H groups in total. The molecule has 1 fully saturated rings. The fourth-order valence-electron chi connectivity index (χ4n) is 2.52. The molecule has 7 heteroatoms. The van der Waals surface area contributed by atoms with Gasteiger partial charge >= 0.3 is 0 Å². The molecular formula is C17H23N3O3S. The number of hydrogen-bond donors (Lipinski definition) is 1. The zero-order valence-electron chi connectivity index (χ0n) is 14.2. The van der Waals surface area contributed by atoms with Crippen LogP contribution in [-0.2, 0) is 11.3 Å². The summed E-state index contributed by atoms with van der Waals surface area (Å²) in [5.74, 6) is -0.107. The van der Waals surface area contributed by atoms with Gasteiger partial charge in [0.2, 0.25) is 5.91 Å². The molecule has 0 aliphatic carbocycles. The van der Waals surface area contributed by atoms with Crippen LogP contribution in [0.15, 0.2) is 24.3 Å². The lowest BCUT2D eigenvalue weighted by atomic mass is 9.93. The summed E-state index contributed by atoms with van der Waals surface area (Å²) in [5, 5.41) is -0.237. The van der Waals surface area contributed by atoms with Crippen LogP contribution in [0.2, 0.25) is 0 Å². The Balaban J connectivity index is 2.10. The Morgan fingerprint density at radius 2 is 2.08 bits per heavy atom. The Hall–Kier alpha value is -1.86. The molecule has 1 heterocycles. The third kappa shape index (κ3) is 4.36. The van der Waals surface area contributed by atoms with Crippen molar-refractivity contribution in [3.05, 3.63) is 35.4 Å². The lowest BCUT2D eigenvalue weighted by Crippen LogP contribution is -2.39. The van der Waals surface area contributed by atoms with Crippen LogP contribution in [0.5, 0.6) is 0 Å². The van der Waals surface area contributed by atoms with E-state index < -0.39 is 0 Å². The van der Waals surface area contributed by atoms with Gasteiger partial charge in [-0.3, -0.25) is 19.3 Å². The second-order valence-electron chi connectivity index (χ2n) is 6.76. The van der Waals surface area contributed by atoms with Gasteiger partial charge in [0, 0.05) is 19.2 Å². The summed E-state index contributed by atoms with van der Waals surface area (Å²) in [7, 11) is 1.75. The van der Waals surface area contributed by atoms with Crippen LogP contribution >= 0.6 is 11.8 Å². The minimum atomic E-state index is -0.237. The van der Waals surface area contributed by atoms with Gasteiger partial charge in [0.1, 0.15) is 0 Å². The minimum Gasteiger partial charge on any atom is -0.341 e. The van der Waals surface area contributed by atoms with Crippen LogP contribution in [0, 0.1) is 5.41 Å². The summed E-state index contributed by atoms with van der Waals surface area (Å²) >= 11 is 1.01. The molecule has 0 saturated carbocycles. The Kier molecular flexibility index (Phi) is 5.66. The average molecular weight is 349 g/mol. The summed E-state index contributed by atoms with van der Waals surface area (Å²) in [4.78, 5) is 38.8. The Labute approximate surface area is 146 Å². The van der Waals surface area contributed by atoms with E-state index in [9.17, 15) is 14.4 Å². The maximum Gasteiger partial charge on any atom is 0.289 e. The fourth-order valence-corrected chi connectivity index (χ4v) is 3.24. The number of thioether (sulfide) groups is 1. The van der Waals surface area contributed by atoms with Crippen molar-refractivity contribution in [1.29, 1.82) is 0 Å². The number of nitrogens with zero attached hydrogens (tertiary/aromatic N) is 2. The number of hydrogen-bond acceptors (Lipinski definition) is 5. The molecule has 130 valence electrons. The first-order chi connectivity index (χ1) is 11.2. The first-order valence-electron chi connectivity index (χ1n) is 7.75. The van der Waals surface area contributed by atoms with E-state index in [1.54, 1.807) is 30.1 Å². The van der Waals surface area contributed by atoms with Gasteiger partial charge in [0.15, 0.2) is 0 Å². The smallest absolute Gasteiger partial charge is 0.289 e. The van der Waals surface area contributed by atoms with Crippen LogP contribution in [0.4, 0.5) is 4.79 Å². The first kappa shape index (κ1) is 18.5. The molecule has 2 rings (SSSR count). The van der Waals surface area contributed by atoms with Crippen molar-refractivity contribution in [2.75, 3.05) is 25.9 Å². The SMILES string of the molecule is CN(CC(C)(C)CN)C(=O)c1cccc(CN2C(=O)CSC2=O)c1. The van der Waals surface area contributed by atoms with Gasteiger partial charge in [-0.05, 0) is 29.7 Å². The third-order valence-corrected chi connectivity index (χ3v) is 4.78. The van der Waals surface area contributed by atoms with Crippen molar-refractivity contribution in [3.63, 3.8) is 0 Å². The minimum absolute atomic E-state index is 0.105. The van der Waals surface area contributed by atoms with Crippen molar-refractivity contribution in [1.82, 2.24) is 9.80 Å². The summed E-state index contributed by atoms with van der Waals surface area (Å²) < 4.78 is 0. The Bertz CT molecular complexity index is 644. The number of imide groups is 1. The van der Waals surface area contributed by atoms with Crippen molar-refractivity contribution >= 4 is 28.8 Å². The molecule has 0 spiro atoms. The summed E-state index contributed by atoms with van der Waals surface area (Å²) in [6.45, 7) is 5.25. The second kappa shape index (κ2) is 7.36. The highest BCUT2D eigenvalue weighted by Crippen LogP contribution is 2.22. The Morgan fingerprint density at radius 3 is 2.67 bits per heavy atom. The van der Waals surface area contributed by atoms with E-state index >= 15 is 0 Å². The molecule has 0 aromatic heterocycles. The van der Waals surface area contributed by atoms with E-state index in [2.05, 4.69) is 0 Å². The van der Waals surface area contributed by atoms with Gasteiger partial charge in [-0.1, -0.05) is 37.7 Å². The molecule has 1 aliphatic rings. The van der Waals surface area contributed by atoms with Crippen molar-refractivity contribution in [2.24, 2.45) is 11.1 Å². The topological polar surface area (TPSA) is 83.7 Å². The standard InChI is InChI=1S/C17H23N3O3S/c1-17(2,10-18)11-19(3)15(22)13-6-4-5-12(7-13)8-20-14(21)9-24-16(20)23/h4-7H,8-11,18H2,1-3H3. The molecular weight excluding hydrogens is 326 g/mol. The van der Waals surface area contributed by atoms with E-state index in [4.69, 9.17) is 5.73 Å². The van der Waals surface area contributed by atoms with Gasteiger partial charge in [-0.25, -0.2) is 0 Å². The molecule has 1 saturated heterocycles. The molecule has 3 amide bonds. The van der Waals surface area contributed by atoms with Crippen LogP contribution in [0.25, 0.3) is 0 Å². The number of benzene rings is 1. The lowest BCUT2D eigenvalue weighted by Gasteiger charge is -2.29.